The monoisotopic (exact) mass is 240 g/mol. The van der Waals surface area contributed by atoms with Gasteiger partial charge in [0.15, 0.2) is 0 Å². The second-order valence-corrected chi connectivity index (χ2v) is 3.80. The van der Waals surface area contributed by atoms with Gasteiger partial charge in [-0.05, 0) is 18.2 Å². The number of aromatic carboxylic acids is 1. The van der Waals surface area contributed by atoms with Crippen LogP contribution in [-0.4, -0.2) is 47.6 Å². The molecule has 0 aromatic heterocycles. The van der Waals surface area contributed by atoms with Crippen LogP contribution in [0.2, 0.25) is 0 Å². The van der Waals surface area contributed by atoms with Gasteiger partial charge < -0.3 is 26.0 Å². The smallest absolute Gasteiger partial charge is 0.337 e. The van der Waals surface area contributed by atoms with Crippen molar-refractivity contribution in [2.45, 2.75) is 6.10 Å². The van der Waals surface area contributed by atoms with Crippen LogP contribution in [0.5, 0.6) is 0 Å². The van der Waals surface area contributed by atoms with Crippen LogP contribution >= 0.6 is 0 Å². The van der Waals surface area contributed by atoms with Gasteiger partial charge in [0.25, 0.3) is 0 Å². The van der Waals surface area contributed by atoms with E-state index in [1.165, 1.54) is 6.07 Å². The fraction of sp³-hybridized carbons (Fsp3) is 0.364. The summed E-state index contributed by atoms with van der Waals surface area (Å²) in [6, 6.07) is 4.52. The van der Waals surface area contributed by atoms with E-state index in [4.69, 9.17) is 15.9 Å². The summed E-state index contributed by atoms with van der Waals surface area (Å²) in [5.41, 5.74) is 6.40. The molecule has 0 spiro atoms. The van der Waals surface area contributed by atoms with E-state index in [0.717, 1.165) is 0 Å². The quantitative estimate of drug-likeness (QED) is 0.529. The Morgan fingerprint density at radius 2 is 2.18 bits per heavy atom. The van der Waals surface area contributed by atoms with Crippen molar-refractivity contribution in [1.82, 2.24) is 0 Å². The Bertz CT molecular complexity index is 408. The average Bonchev–Trinajstić information content (AvgIpc) is 2.28. The van der Waals surface area contributed by atoms with Crippen molar-refractivity contribution in [3.63, 3.8) is 0 Å². The van der Waals surface area contributed by atoms with Gasteiger partial charge in [-0.25, -0.2) is 4.79 Å². The first-order valence-corrected chi connectivity index (χ1v) is 5.08. The van der Waals surface area contributed by atoms with Gasteiger partial charge in [-0.1, -0.05) is 0 Å². The Kier molecular flexibility index (Phi) is 4.30. The fourth-order valence-electron chi connectivity index (χ4n) is 1.53. The zero-order valence-corrected chi connectivity index (χ0v) is 9.50. The van der Waals surface area contributed by atoms with Gasteiger partial charge >= 0.3 is 5.97 Å². The Labute approximate surface area is 98.9 Å². The number of hydrogen-bond donors (Lipinski definition) is 4. The van der Waals surface area contributed by atoms with Crippen LogP contribution in [0.25, 0.3) is 0 Å². The lowest BCUT2D eigenvalue weighted by Gasteiger charge is -2.23. The molecule has 0 aliphatic carbocycles. The summed E-state index contributed by atoms with van der Waals surface area (Å²) in [6.07, 6.45) is -0.917. The summed E-state index contributed by atoms with van der Waals surface area (Å²) < 4.78 is 0. The maximum Gasteiger partial charge on any atom is 0.337 e. The van der Waals surface area contributed by atoms with Crippen LogP contribution in [0.15, 0.2) is 18.2 Å². The first-order chi connectivity index (χ1) is 7.95. The molecule has 94 valence electrons. The third kappa shape index (κ3) is 3.33. The Balaban J connectivity index is 3.00. The number of carbonyl (C=O) groups is 1. The molecule has 0 aliphatic rings. The Morgan fingerprint density at radius 1 is 1.53 bits per heavy atom. The molecule has 0 radical (unpaired) electrons. The van der Waals surface area contributed by atoms with Crippen LogP contribution in [0, 0.1) is 0 Å². The molecule has 1 atom stereocenters. The molecule has 0 bridgehead atoms. The topological polar surface area (TPSA) is 107 Å². The summed E-state index contributed by atoms with van der Waals surface area (Å²) in [5, 5.41) is 27.1. The lowest BCUT2D eigenvalue weighted by atomic mass is 10.1. The number of anilines is 2. The molecule has 0 fully saturated rings. The molecule has 1 rings (SSSR count). The fourth-order valence-corrected chi connectivity index (χ4v) is 1.53. The van der Waals surface area contributed by atoms with Crippen molar-refractivity contribution >= 4 is 17.3 Å². The molecule has 1 aromatic carbocycles. The van der Waals surface area contributed by atoms with Crippen LogP contribution in [-0.2, 0) is 0 Å². The summed E-state index contributed by atoms with van der Waals surface area (Å²) in [7, 11) is 1.64. The van der Waals surface area contributed by atoms with Gasteiger partial charge in [0.1, 0.15) is 0 Å². The summed E-state index contributed by atoms with van der Waals surface area (Å²) in [4.78, 5) is 12.6. The number of nitrogens with two attached hydrogens (primary N) is 1. The highest BCUT2D eigenvalue weighted by Crippen LogP contribution is 2.22. The molecule has 17 heavy (non-hydrogen) atoms. The number of benzene rings is 1. The lowest BCUT2D eigenvalue weighted by Crippen LogP contribution is -2.32. The number of aliphatic hydroxyl groups is 2. The van der Waals surface area contributed by atoms with E-state index in [9.17, 15) is 9.90 Å². The third-order valence-electron chi connectivity index (χ3n) is 2.36. The van der Waals surface area contributed by atoms with Crippen molar-refractivity contribution in [2.24, 2.45) is 0 Å². The number of carboxylic acids is 1. The van der Waals surface area contributed by atoms with Gasteiger partial charge in [-0.3, -0.25) is 0 Å². The molecule has 5 N–H and O–H groups in total. The van der Waals surface area contributed by atoms with E-state index in [1.807, 2.05) is 0 Å². The van der Waals surface area contributed by atoms with Crippen molar-refractivity contribution in [2.75, 3.05) is 30.8 Å². The van der Waals surface area contributed by atoms with Crippen LogP contribution in [0.1, 0.15) is 10.4 Å². The second kappa shape index (κ2) is 5.51. The molecule has 0 saturated carbocycles. The standard InChI is InChI=1S/C11H16N2O4/c1-13(5-8(15)6-14)10-3-2-7(12)4-9(10)11(16)17/h2-4,8,14-15H,5-6,12H2,1H3,(H,16,17). The zero-order valence-electron chi connectivity index (χ0n) is 9.50. The van der Waals surface area contributed by atoms with Crippen LogP contribution in [0.3, 0.4) is 0 Å². The first kappa shape index (κ1) is 13.3. The Morgan fingerprint density at radius 3 is 2.71 bits per heavy atom. The number of aliphatic hydroxyl groups excluding tert-OH is 2. The highest BCUT2D eigenvalue weighted by molar-refractivity contribution is 5.95. The van der Waals surface area contributed by atoms with Gasteiger partial charge in [-0.2, -0.15) is 0 Å². The molecular formula is C11H16N2O4. The minimum atomic E-state index is -1.09. The second-order valence-electron chi connectivity index (χ2n) is 3.80. The SMILES string of the molecule is CN(CC(O)CO)c1ccc(N)cc1C(=O)O. The average molecular weight is 240 g/mol. The molecule has 6 nitrogen and oxygen atoms in total. The van der Waals surface area contributed by atoms with Gasteiger partial charge in [0, 0.05) is 19.3 Å². The normalized spacial score (nSPS) is 12.2. The molecule has 0 heterocycles. The van der Waals surface area contributed by atoms with Gasteiger partial charge in [-0.15, -0.1) is 0 Å². The number of carboxylic acid groups (broad SMARTS) is 1. The number of nitrogen functional groups attached to an aromatic ring is 1. The predicted molar refractivity (Wildman–Crippen MR) is 64.2 cm³/mol. The van der Waals surface area contributed by atoms with E-state index >= 15 is 0 Å². The maximum absolute atomic E-state index is 11.0. The summed E-state index contributed by atoms with van der Waals surface area (Å²) in [5.74, 6) is -1.09. The number of hydrogen-bond acceptors (Lipinski definition) is 5. The van der Waals surface area contributed by atoms with E-state index < -0.39 is 12.1 Å². The highest BCUT2D eigenvalue weighted by atomic mass is 16.4. The first-order valence-electron chi connectivity index (χ1n) is 5.08. The molecule has 1 unspecified atom stereocenters. The molecular weight excluding hydrogens is 224 g/mol. The minimum Gasteiger partial charge on any atom is -0.478 e. The van der Waals surface area contributed by atoms with E-state index in [1.54, 1.807) is 24.1 Å². The molecule has 0 saturated heterocycles. The van der Waals surface area contributed by atoms with Crippen LogP contribution in [0.4, 0.5) is 11.4 Å². The third-order valence-corrected chi connectivity index (χ3v) is 2.36. The number of rotatable bonds is 5. The van der Waals surface area contributed by atoms with Gasteiger partial charge in [0.2, 0.25) is 0 Å². The van der Waals surface area contributed by atoms with Gasteiger partial charge in [0.05, 0.1) is 24.0 Å². The summed E-state index contributed by atoms with van der Waals surface area (Å²) >= 11 is 0. The highest BCUT2D eigenvalue weighted by Gasteiger charge is 2.15. The van der Waals surface area contributed by atoms with E-state index in [0.29, 0.717) is 11.4 Å². The number of likely N-dealkylation sites (N-methyl/N-ethyl adjacent to an activating group) is 1. The number of nitrogens with zero attached hydrogens (tertiary/aromatic N) is 1. The zero-order chi connectivity index (χ0) is 13.0. The predicted octanol–water partition coefficient (Wildman–Crippen LogP) is -0.244. The van der Waals surface area contributed by atoms with Crippen molar-refractivity contribution in [3.05, 3.63) is 23.8 Å². The Hall–Kier alpha value is -1.79. The summed E-state index contributed by atoms with van der Waals surface area (Å²) in [6.45, 7) is -0.234. The maximum atomic E-state index is 11.0. The molecule has 0 amide bonds. The molecule has 6 heteroatoms. The largest absolute Gasteiger partial charge is 0.478 e. The molecule has 1 aromatic rings. The van der Waals surface area contributed by atoms with Crippen LogP contribution < -0.4 is 10.6 Å². The minimum absolute atomic E-state index is 0.0673. The van der Waals surface area contributed by atoms with E-state index in [-0.39, 0.29) is 18.7 Å². The molecule has 0 aliphatic heterocycles. The van der Waals surface area contributed by atoms with E-state index in [2.05, 4.69) is 0 Å². The van der Waals surface area contributed by atoms with Crippen molar-refractivity contribution in [3.8, 4) is 0 Å². The lowest BCUT2D eigenvalue weighted by molar-refractivity contribution is 0.0697. The van der Waals surface area contributed by atoms with Crippen molar-refractivity contribution in [1.29, 1.82) is 0 Å². The van der Waals surface area contributed by atoms with Crippen molar-refractivity contribution < 1.29 is 20.1 Å².